The van der Waals surface area contributed by atoms with Gasteiger partial charge in [-0.25, -0.2) is 5.43 Å². The standard InChI is InChI=1S/C21H20ClN5O2S/c1-2-12-27-19(14-29-18-10-8-17(22)9-11-18)24-26-21(27)30-15-20(28)25-23-13-16-6-4-3-5-7-16/h2-11,13H,1,12,14-15H2,(H,25,28)/b23-13-. The maximum atomic E-state index is 12.1. The first-order chi connectivity index (χ1) is 14.7. The van der Waals surface area contributed by atoms with Gasteiger partial charge < -0.3 is 4.74 Å². The summed E-state index contributed by atoms with van der Waals surface area (Å²) in [6.45, 7) is 4.51. The summed E-state index contributed by atoms with van der Waals surface area (Å²) < 4.78 is 7.60. The van der Waals surface area contributed by atoms with Crippen LogP contribution in [-0.2, 0) is 17.9 Å². The lowest BCUT2D eigenvalue weighted by Crippen LogP contribution is -2.20. The van der Waals surface area contributed by atoms with Gasteiger partial charge in [0.05, 0.1) is 12.0 Å². The number of thioether (sulfide) groups is 1. The third-order valence-corrected chi connectivity index (χ3v) is 5.04. The molecule has 0 unspecified atom stereocenters. The number of nitrogens with one attached hydrogen (secondary N) is 1. The molecule has 0 aliphatic carbocycles. The molecule has 0 radical (unpaired) electrons. The number of halogens is 1. The monoisotopic (exact) mass is 441 g/mol. The Morgan fingerprint density at radius 3 is 2.70 bits per heavy atom. The predicted molar refractivity (Wildman–Crippen MR) is 119 cm³/mol. The van der Waals surface area contributed by atoms with Crippen LogP contribution in [0.25, 0.3) is 0 Å². The summed E-state index contributed by atoms with van der Waals surface area (Å²) in [4.78, 5) is 12.1. The molecule has 0 saturated heterocycles. The number of hydrazone groups is 1. The fraction of sp³-hybridized carbons (Fsp3) is 0.143. The zero-order chi connectivity index (χ0) is 21.2. The molecule has 0 atom stereocenters. The summed E-state index contributed by atoms with van der Waals surface area (Å²) in [7, 11) is 0. The second-order valence-electron chi connectivity index (χ2n) is 6.03. The number of rotatable bonds is 10. The molecule has 1 amide bonds. The molecule has 1 heterocycles. The quantitative estimate of drug-likeness (QED) is 0.223. The Morgan fingerprint density at radius 1 is 1.20 bits per heavy atom. The molecule has 154 valence electrons. The largest absolute Gasteiger partial charge is 0.486 e. The van der Waals surface area contributed by atoms with Gasteiger partial charge in [-0.05, 0) is 29.8 Å². The van der Waals surface area contributed by atoms with E-state index >= 15 is 0 Å². The molecule has 0 fully saturated rings. The summed E-state index contributed by atoms with van der Waals surface area (Å²) in [6.07, 6.45) is 3.33. The minimum atomic E-state index is -0.237. The fourth-order valence-corrected chi connectivity index (χ4v) is 3.29. The minimum absolute atomic E-state index is 0.152. The predicted octanol–water partition coefficient (Wildman–Crippen LogP) is 3.94. The Morgan fingerprint density at radius 2 is 1.97 bits per heavy atom. The first-order valence-electron chi connectivity index (χ1n) is 9.07. The van der Waals surface area contributed by atoms with Gasteiger partial charge >= 0.3 is 0 Å². The summed E-state index contributed by atoms with van der Waals surface area (Å²) in [5, 5.41) is 13.6. The van der Waals surface area contributed by atoms with Crippen LogP contribution in [0.15, 0.2) is 77.5 Å². The Labute approximate surface area is 183 Å². The molecule has 0 bridgehead atoms. The number of hydrogen-bond acceptors (Lipinski definition) is 6. The number of ether oxygens (including phenoxy) is 1. The van der Waals surface area contributed by atoms with Gasteiger partial charge in [0.2, 0.25) is 0 Å². The summed E-state index contributed by atoms with van der Waals surface area (Å²) in [6, 6.07) is 16.6. The lowest BCUT2D eigenvalue weighted by Gasteiger charge is -2.09. The maximum Gasteiger partial charge on any atom is 0.250 e. The Hall–Kier alpha value is -3.10. The highest BCUT2D eigenvalue weighted by Gasteiger charge is 2.14. The van der Waals surface area contributed by atoms with Crippen LogP contribution in [-0.4, -0.2) is 32.6 Å². The number of aromatic nitrogens is 3. The van der Waals surface area contributed by atoms with Crippen molar-refractivity contribution in [3.05, 3.63) is 83.7 Å². The van der Waals surface area contributed by atoms with E-state index in [1.54, 1.807) is 36.6 Å². The summed E-state index contributed by atoms with van der Waals surface area (Å²) in [5.74, 6) is 1.23. The number of nitrogens with zero attached hydrogens (tertiary/aromatic N) is 4. The van der Waals surface area contributed by atoms with Gasteiger partial charge in [0, 0.05) is 11.6 Å². The number of allylic oxidation sites excluding steroid dienone is 1. The lowest BCUT2D eigenvalue weighted by atomic mass is 10.2. The van der Waals surface area contributed by atoms with Crippen molar-refractivity contribution in [3.8, 4) is 5.75 Å². The van der Waals surface area contributed by atoms with Crippen molar-refractivity contribution in [2.24, 2.45) is 5.10 Å². The molecule has 0 spiro atoms. The van der Waals surface area contributed by atoms with Crippen molar-refractivity contribution in [1.82, 2.24) is 20.2 Å². The van der Waals surface area contributed by atoms with Crippen molar-refractivity contribution in [2.45, 2.75) is 18.3 Å². The number of amides is 1. The third-order valence-electron chi connectivity index (χ3n) is 3.82. The molecule has 30 heavy (non-hydrogen) atoms. The highest BCUT2D eigenvalue weighted by Crippen LogP contribution is 2.20. The van der Waals surface area contributed by atoms with E-state index in [0.717, 1.165) is 5.56 Å². The van der Waals surface area contributed by atoms with E-state index < -0.39 is 0 Å². The Bertz CT molecular complexity index is 1010. The molecule has 3 rings (SSSR count). The zero-order valence-corrected chi connectivity index (χ0v) is 17.6. The second-order valence-corrected chi connectivity index (χ2v) is 7.41. The molecule has 9 heteroatoms. The van der Waals surface area contributed by atoms with Crippen LogP contribution in [0.2, 0.25) is 5.02 Å². The van der Waals surface area contributed by atoms with Gasteiger partial charge in [-0.3, -0.25) is 9.36 Å². The number of carbonyl (C=O) groups is 1. The van der Waals surface area contributed by atoms with E-state index in [-0.39, 0.29) is 18.3 Å². The first-order valence-corrected chi connectivity index (χ1v) is 10.4. The van der Waals surface area contributed by atoms with Gasteiger partial charge in [-0.2, -0.15) is 5.10 Å². The number of carbonyl (C=O) groups excluding carboxylic acids is 1. The molecule has 0 saturated carbocycles. The molecular formula is C21H20ClN5O2S. The van der Waals surface area contributed by atoms with Crippen molar-refractivity contribution >= 4 is 35.5 Å². The van der Waals surface area contributed by atoms with E-state index in [9.17, 15) is 4.79 Å². The van der Waals surface area contributed by atoms with Gasteiger partial charge in [0.25, 0.3) is 5.91 Å². The summed E-state index contributed by atoms with van der Waals surface area (Å²) in [5.41, 5.74) is 3.41. The highest BCUT2D eigenvalue weighted by atomic mass is 35.5. The third kappa shape index (κ3) is 6.47. The van der Waals surface area contributed by atoms with Crippen LogP contribution < -0.4 is 10.2 Å². The molecule has 0 aliphatic rings. The van der Waals surface area contributed by atoms with Gasteiger partial charge in [-0.1, -0.05) is 59.8 Å². The molecule has 7 nitrogen and oxygen atoms in total. The summed E-state index contributed by atoms with van der Waals surface area (Å²) >= 11 is 7.15. The Kier molecular flexibility index (Phi) is 8.05. The number of hydrogen-bond donors (Lipinski definition) is 1. The van der Waals surface area contributed by atoms with Gasteiger partial charge in [0.1, 0.15) is 12.4 Å². The van der Waals surface area contributed by atoms with Crippen molar-refractivity contribution in [1.29, 1.82) is 0 Å². The van der Waals surface area contributed by atoms with E-state index in [2.05, 4.69) is 27.3 Å². The number of benzene rings is 2. The fourth-order valence-electron chi connectivity index (χ4n) is 2.40. The molecular weight excluding hydrogens is 422 g/mol. The molecule has 1 aromatic heterocycles. The average molecular weight is 442 g/mol. The normalized spacial score (nSPS) is 10.8. The van der Waals surface area contributed by atoms with E-state index in [0.29, 0.717) is 28.3 Å². The van der Waals surface area contributed by atoms with Crippen LogP contribution in [0, 0.1) is 0 Å². The highest BCUT2D eigenvalue weighted by molar-refractivity contribution is 7.99. The van der Waals surface area contributed by atoms with E-state index in [4.69, 9.17) is 16.3 Å². The Balaban J connectivity index is 1.54. The topological polar surface area (TPSA) is 81.4 Å². The maximum absolute atomic E-state index is 12.1. The van der Waals surface area contributed by atoms with Crippen molar-refractivity contribution < 1.29 is 9.53 Å². The SMILES string of the molecule is C=CCn1c(COc2ccc(Cl)cc2)nnc1SCC(=O)N/N=C\c1ccccc1. The molecule has 0 aliphatic heterocycles. The minimum Gasteiger partial charge on any atom is -0.486 e. The van der Waals surface area contributed by atoms with Crippen LogP contribution >= 0.6 is 23.4 Å². The first kappa shape index (κ1) is 21.6. The van der Waals surface area contributed by atoms with E-state index in [1.807, 2.05) is 34.9 Å². The van der Waals surface area contributed by atoms with Crippen molar-refractivity contribution in [2.75, 3.05) is 5.75 Å². The zero-order valence-electron chi connectivity index (χ0n) is 16.1. The second kappa shape index (κ2) is 11.2. The van der Waals surface area contributed by atoms with E-state index in [1.165, 1.54) is 11.8 Å². The molecule has 1 N–H and O–H groups in total. The smallest absolute Gasteiger partial charge is 0.250 e. The molecule has 3 aromatic rings. The van der Waals surface area contributed by atoms with Crippen LogP contribution in [0.5, 0.6) is 5.75 Å². The van der Waals surface area contributed by atoms with Gasteiger partial charge in [-0.15, -0.1) is 16.8 Å². The van der Waals surface area contributed by atoms with Crippen LogP contribution in [0.3, 0.4) is 0 Å². The molecule has 2 aromatic carbocycles. The lowest BCUT2D eigenvalue weighted by molar-refractivity contribution is -0.118. The average Bonchev–Trinajstić information content (AvgIpc) is 3.14. The van der Waals surface area contributed by atoms with Crippen molar-refractivity contribution in [3.63, 3.8) is 0 Å². The van der Waals surface area contributed by atoms with Crippen LogP contribution in [0.4, 0.5) is 0 Å². The van der Waals surface area contributed by atoms with Crippen LogP contribution in [0.1, 0.15) is 11.4 Å². The van der Waals surface area contributed by atoms with Gasteiger partial charge in [0.15, 0.2) is 11.0 Å².